The number of carbonyl (C=O) groups is 1. The number of aryl methyl sites for hydroxylation is 1. The highest BCUT2D eigenvalue weighted by Gasteiger charge is 2.18. The van der Waals surface area contributed by atoms with Crippen LogP contribution in [0.15, 0.2) is 30.6 Å². The summed E-state index contributed by atoms with van der Waals surface area (Å²) in [6.07, 6.45) is 3.45. The Morgan fingerprint density at radius 2 is 2.27 bits per heavy atom. The standard InChI is InChI=1S/C15H19FN4O2/c1-10(14-11(16)5-4-6-12(14)22-3)19-15(21)18-9-13-17-7-8-20(13)2/h4-8,10H,9H2,1-3H3,(H2,18,19,21)/t10-/m0/s1. The summed E-state index contributed by atoms with van der Waals surface area (Å²) in [7, 11) is 3.31. The number of halogens is 1. The number of hydrogen-bond acceptors (Lipinski definition) is 3. The molecule has 0 fully saturated rings. The van der Waals surface area contributed by atoms with Crippen molar-refractivity contribution in [1.29, 1.82) is 0 Å². The zero-order valence-electron chi connectivity index (χ0n) is 12.8. The van der Waals surface area contributed by atoms with Gasteiger partial charge in [0.1, 0.15) is 17.4 Å². The van der Waals surface area contributed by atoms with Gasteiger partial charge in [0.15, 0.2) is 0 Å². The number of amides is 2. The second kappa shape index (κ2) is 6.93. The maximum Gasteiger partial charge on any atom is 0.315 e. The lowest BCUT2D eigenvalue weighted by Crippen LogP contribution is -2.37. The van der Waals surface area contributed by atoms with E-state index in [0.717, 1.165) is 5.82 Å². The number of methoxy groups -OCH3 is 1. The molecule has 0 spiro atoms. The molecule has 1 heterocycles. The molecule has 2 aromatic rings. The van der Waals surface area contributed by atoms with E-state index < -0.39 is 17.9 Å². The zero-order valence-corrected chi connectivity index (χ0v) is 12.8. The van der Waals surface area contributed by atoms with Crippen LogP contribution < -0.4 is 15.4 Å². The van der Waals surface area contributed by atoms with Crippen LogP contribution in [0.25, 0.3) is 0 Å². The normalized spacial score (nSPS) is 11.8. The maximum atomic E-state index is 13.9. The molecule has 0 aliphatic heterocycles. The van der Waals surface area contributed by atoms with E-state index in [1.807, 2.05) is 11.6 Å². The van der Waals surface area contributed by atoms with Crippen LogP contribution in [-0.4, -0.2) is 22.7 Å². The number of hydrogen-bond donors (Lipinski definition) is 2. The van der Waals surface area contributed by atoms with Crippen LogP contribution in [0.5, 0.6) is 5.75 Å². The molecule has 2 rings (SSSR count). The number of rotatable bonds is 5. The van der Waals surface area contributed by atoms with Crippen molar-refractivity contribution in [2.75, 3.05) is 7.11 Å². The SMILES string of the molecule is COc1cccc(F)c1[C@H](C)NC(=O)NCc1nccn1C. The molecule has 0 aliphatic carbocycles. The fourth-order valence-corrected chi connectivity index (χ4v) is 2.16. The van der Waals surface area contributed by atoms with Gasteiger partial charge in [-0.25, -0.2) is 14.2 Å². The smallest absolute Gasteiger partial charge is 0.315 e. The number of benzene rings is 1. The minimum Gasteiger partial charge on any atom is -0.496 e. The number of carbonyl (C=O) groups excluding carboxylic acids is 1. The summed E-state index contributed by atoms with van der Waals surface area (Å²) in [5, 5.41) is 5.37. The van der Waals surface area contributed by atoms with E-state index in [-0.39, 0.29) is 6.54 Å². The van der Waals surface area contributed by atoms with Gasteiger partial charge in [0.05, 0.1) is 25.3 Å². The first-order chi connectivity index (χ1) is 10.5. The highest BCUT2D eigenvalue weighted by Crippen LogP contribution is 2.27. The second-order valence-electron chi connectivity index (χ2n) is 4.86. The van der Waals surface area contributed by atoms with Crippen molar-refractivity contribution in [2.24, 2.45) is 7.05 Å². The largest absolute Gasteiger partial charge is 0.496 e. The third kappa shape index (κ3) is 3.55. The summed E-state index contributed by atoms with van der Waals surface area (Å²) in [5.41, 5.74) is 0.317. The number of nitrogens with one attached hydrogen (secondary N) is 2. The molecule has 6 nitrogen and oxygen atoms in total. The molecule has 7 heteroatoms. The van der Waals surface area contributed by atoms with Gasteiger partial charge in [-0.15, -0.1) is 0 Å². The average Bonchev–Trinajstić information content (AvgIpc) is 2.89. The minimum atomic E-state index is -0.530. The van der Waals surface area contributed by atoms with Gasteiger partial charge in [0.25, 0.3) is 0 Å². The van der Waals surface area contributed by atoms with Gasteiger partial charge in [-0.1, -0.05) is 6.07 Å². The van der Waals surface area contributed by atoms with E-state index in [0.29, 0.717) is 11.3 Å². The number of urea groups is 1. The van der Waals surface area contributed by atoms with E-state index in [2.05, 4.69) is 15.6 Å². The monoisotopic (exact) mass is 306 g/mol. The first-order valence-electron chi connectivity index (χ1n) is 6.86. The third-order valence-corrected chi connectivity index (χ3v) is 3.34. The van der Waals surface area contributed by atoms with E-state index in [1.165, 1.54) is 13.2 Å². The Morgan fingerprint density at radius 1 is 1.50 bits per heavy atom. The number of aromatic nitrogens is 2. The Bertz CT molecular complexity index is 657. The molecular weight excluding hydrogens is 287 g/mol. The van der Waals surface area contributed by atoms with Crippen LogP contribution in [0.3, 0.4) is 0 Å². The quantitative estimate of drug-likeness (QED) is 0.889. The van der Waals surface area contributed by atoms with Crippen molar-refractivity contribution < 1.29 is 13.9 Å². The minimum absolute atomic E-state index is 0.288. The Balaban J connectivity index is 1.98. The Morgan fingerprint density at radius 3 is 2.91 bits per heavy atom. The number of nitrogens with zero attached hydrogens (tertiary/aromatic N) is 2. The highest BCUT2D eigenvalue weighted by atomic mass is 19.1. The number of ether oxygens (including phenoxy) is 1. The van der Waals surface area contributed by atoms with Gasteiger partial charge in [-0.2, -0.15) is 0 Å². The lowest BCUT2D eigenvalue weighted by Gasteiger charge is -2.18. The second-order valence-corrected chi connectivity index (χ2v) is 4.86. The molecule has 22 heavy (non-hydrogen) atoms. The summed E-state index contributed by atoms with van der Waals surface area (Å²) in [4.78, 5) is 16.0. The highest BCUT2D eigenvalue weighted by molar-refractivity contribution is 5.74. The zero-order chi connectivity index (χ0) is 16.1. The summed E-state index contributed by atoms with van der Waals surface area (Å²) < 4.78 is 20.9. The van der Waals surface area contributed by atoms with Crippen LogP contribution in [0.4, 0.5) is 9.18 Å². The van der Waals surface area contributed by atoms with Gasteiger partial charge in [-0.05, 0) is 19.1 Å². The predicted molar refractivity (Wildman–Crippen MR) is 79.9 cm³/mol. The third-order valence-electron chi connectivity index (χ3n) is 3.34. The van der Waals surface area contributed by atoms with Gasteiger partial charge in [0, 0.05) is 19.4 Å². The van der Waals surface area contributed by atoms with E-state index in [4.69, 9.17) is 4.74 Å². The Hall–Kier alpha value is -2.57. The van der Waals surface area contributed by atoms with Gasteiger partial charge in [0.2, 0.25) is 0 Å². The Kier molecular flexibility index (Phi) is 4.98. The fourth-order valence-electron chi connectivity index (χ4n) is 2.16. The van der Waals surface area contributed by atoms with Crippen LogP contribution in [-0.2, 0) is 13.6 Å². The van der Waals surface area contributed by atoms with Crippen molar-refractivity contribution in [3.05, 3.63) is 47.8 Å². The summed E-state index contributed by atoms with van der Waals surface area (Å²) in [5.74, 6) is 0.708. The molecule has 0 unspecified atom stereocenters. The summed E-state index contributed by atoms with van der Waals surface area (Å²) in [6, 6.07) is 3.62. The van der Waals surface area contributed by atoms with Crippen LogP contribution in [0.2, 0.25) is 0 Å². The molecule has 0 bridgehead atoms. The first kappa shape index (κ1) is 15.8. The predicted octanol–water partition coefficient (Wildman–Crippen LogP) is 2.13. The number of imidazole rings is 1. The van der Waals surface area contributed by atoms with Gasteiger partial charge in [-0.3, -0.25) is 0 Å². The molecule has 0 radical (unpaired) electrons. The van der Waals surface area contributed by atoms with Gasteiger partial charge < -0.3 is 19.9 Å². The van der Waals surface area contributed by atoms with E-state index in [9.17, 15) is 9.18 Å². The van der Waals surface area contributed by atoms with Crippen LogP contribution >= 0.6 is 0 Å². The molecule has 0 saturated carbocycles. The van der Waals surface area contributed by atoms with Crippen molar-refractivity contribution in [3.63, 3.8) is 0 Å². The molecule has 1 aromatic heterocycles. The van der Waals surface area contributed by atoms with Crippen molar-refractivity contribution in [2.45, 2.75) is 19.5 Å². The molecule has 118 valence electrons. The Labute approximate surface area is 128 Å². The van der Waals surface area contributed by atoms with E-state index in [1.54, 1.807) is 31.5 Å². The van der Waals surface area contributed by atoms with E-state index >= 15 is 0 Å². The summed E-state index contributed by atoms with van der Waals surface area (Å²) >= 11 is 0. The van der Waals surface area contributed by atoms with Crippen LogP contribution in [0, 0.1) is 5.82 Å². The molecule has 2 amide bonds. The summed E-state index contributed by atoms with van der Waals surface area (Å²) in [6.45, 7) is 1.98. The maximum absolute atomic E-state index is 13.9. The van der Waals surface area contributed by atoms with Crippen molar-refractivity contribution in [3.8, 4) is 5.75 Å². The lowest BCUT2D eigenvalue weighted by molar-refractivity contribution is 0.236. The fraction of sp³-hybridized carbons (Fsp3) is 0.333. The molecule has 0 saturated heterocycles. The lowest BCUT2D eigenvalue weighted by atomic mass is 10.1. The molecule has 1 atom stereocenters. The topological polar surface area (TPSA) is 68.2 Å². The van der Waals surface area contributed by atoms with Crippen LogP contribution in [0.1, 0.15) is 24.4 Å². The molecule has 0 aliphatic rings. The average molecular weight is 306 g/mol. The first-order valence-corrected chi connectivity index (χ1v) is 6.86. The molecule has 2 N–H and O–H groups in total. The van der Waals surface area contributed by atoms with Gasteiger partial charge >= 0.3 is 6.03 Å². The molecular formula is C15H19FN4O2. The molecule has 1 aromatic carbocycles. The van der Waals surface area contributed by atoms with Crippen molar-refractivity contribution >= 4 is 6.03 Å². The van der Waals surface area contributed by atoms with Crippen molar-refractivity contribution in [1.82, 2.24) is 20.2 Å².